The Morgan fingerprint density at radius 2 is 1.78 bits per heavy atom. The van der Waals surface area contributed by atoms with Crippen molar-refractivity contribution in [2.75, 3.05) is 4.90 Å². The van der Waals surface area contributed by atoms with Crippen LogP contribution < -0.4 is 10.3 Å². The molecule has 2 aromatic heterocycles. The van der Waals surface area contributed by atoms with Gasteiger partial charge in [-0.3, -0.25) is 14.5 Å². The average Bonchev–Trinajstić information content (AvgIpc) is 3.51. The van der Waals surface area contributed by atoms with Crippen molar-refractivity contribution in [1.82, 2.24) is 10.2 Å². The van der Waals surface area contributed by atoms with Gasteiger partial charge >= 0.3 is 0 Å². The van der Waals surface area contributed by atoms with E-state index in [9.17, 15) is 14.0 Å². The van der Waals surface area contributed by atoms with E-state index in [1.54, 1.807) is 0 Å². The summed E-state index contributed by atoms with van der Waals surface area (Å²) < 4.78 is 20.6. The first-order valence-corrected chi connectivity index (χ1v) is 13.5. The van der Waals surface area contributed by atoms with Crippen LogP contribution in [0, 0.1) is 5.82 Å². The van der Waals surface area contributed by atoms with Crippen LogP contribution in [0.25, 0.3) is 11.0 Å². The van der Waals surface area contributed by atoms with Crippen molar-refractivity contribution in [3.63, 3.8) is 0 Å². The van der Waals surface area contributed by atoms with E-state index >= 15 is 0 Å². The van der Waals surface area contributed by atoms with Crippen molar-refractivity contribution in [1.29, 1.82) is 0 Å². The third kappa shape index (κ3) is 4.24. The molecule has 1 atom stereocenters. The fourth-order valence-electron chi connectivity index (χ4n) is 4.47. The normalized spacial score (nSPS) is 14.9. The molecule has 1 amide bonds. The maximum Gasteiger partial charge on any atom is 0.297 e. The molecule has 0 aliphatic carbocycles. The van der Waals surface area contributed by atoms with Gasteiger partial charge in [0.15, 0.2) is 9.77 Å². The number of benzene rings is 3. The molecule has 0 saturated heterocycles. The molecule has 0 saturated carbocycles. The smallest absolute Gasteiger partial charge is 0.297 e. The Bertz CT molecular complexity index is 1680. The Labute approximate surface area is 219 Å². The summed E-state index contributed by atoms with van der Waals surface area (Å²) in [5.74, 6) is -0.363. The Hall–Kier alpha value is -3.82. The molecule has 3 heterocycles. The van der Waals surface area contributed by atoms with Crippen LogP contribution in [-0.4, -0.2) is 16.1 Å². The van der Waals surface area contributed by atoms with Gasteiger partial charge in [0, 0.05) is 5.75 Å². The largest absolute Gasteiger partial charge is 0.450 e. The lowest BCUT2D eigenvalue weighted by Crippen LogP contribution is -2.29. The van der Waals surface area contributed by atoms with E-state index in [0.29, 0.717) is 15.2 Å². The Balaban J connectivity index is 1.45. The molecule has 1 aliphatic rings. The monoisotopic (exact) mass is 529 g/mol. The maximum atomic E-state index is 14.0. The van der Waals surface area contributed by atoms with Crippen LogP contribution >= 0.6 is 23.1 Å². The number of fused-ring (bicyclic) bond motifs is 2. The quantitative estimate of drug-likeness (QED) is 0.187. The average molecular weight is 530 g/mol. The number of carbonyl (C=O) groups excluding carboxylic acids is 1. The fraction of sp³-hybridized carbons (Fsp3) is 0.143. The Morgan fingerprint density at radius 1 is 1.00 bits per heavy atom. The first-order chi connectivity index (χ1) is 18.0. The van der Waals surface area contributed by atoms with Gasteiger partial charge in [0.05, 0.1) is 17.0 Å². The lowest BCUT2D eigenvalue weighted by Gasteiger charge is -2.22. The standard InChI is InChI=1S/C28H20FN3O3S2/c1-2-16-8-10-18(11-9-16)23-22-24(33)20-14-19(29)12-13-21(20)35-25(22)26(34)32(23)27-30-31-28(37-27)36-15-17-6-4-3-5-7-17/h3-14,23H,2,15H2,1H3. The zero-order valence-electron chi connectivity index (χ0n) is 19.7. The lowest BCUT2D eigenvalue weighted by molar-refractivity contribution is 0.0970. The zero-order valence-corrected chi connectivity index (χ0v) is 21.3. The number of hydrogen-bond acceptors (Lipinski definition) is 7. The van der Waals surface area contributed by atoms with Crippen LogP contribution in [0.3, 0.4) is 0 Å². The van der Waals surface area contributed by atoms with Gasteiger partial charge in [-0.1, -0.05) is 84.6 Å². The minimum Gasteiger partial charge on any atom is -0.450 e. The molecular formula is C28H20FN3O3S2. The summed E-state index contributed by atoms with van der Waals surface area (Å²) in [4.78, 5) is 28.8. The molecule has 9 heteroatoms. The molecule has 0 spiro atoms. The highest BCUT2D eigenvalue weighted by Crippen LogP contribution is 2.43. The molecule has 6 nitrogen and oxygen atoms in total. The summed E-state index contributed by atoms with van der Waals surface area (Å²) in [6, 6.07) is 20.7. The van der Waals surface area contributed by atoms with Gasteiger partial charge in [-0.2, -0.15) is 0 Å². The third-order valence-electron chi connectivity index (χ3n) is 6.34. The summed E-state index contributed by atoms with van der Waals surface area (Å²) in [7, 11) is 0. The zero-order chi connectivity index (χ0) is 25.5. The van der Waals surface area contributed by atoms with E-state index in [0.717, 1.165) is 29.2 Å². The van der Waals surface area contributed by atoms with Crippen molar-refractivity contribution < 1.29 is 13.6 Å². The van der Waals surface area contributed by atoms with Gasteiger partial charge in [-0.25, -0.2) is 4.39 Å². The van der Waals surface area contributed by atoms with Gasteiger partial charge in [0.2, 0.25) is 10.9 Å². The molecule has 0 fully saturated rings. The summed E-state index contributed by atoms with van der Waals surface area (Å²) >= 11 is 2.81. The summed E-state index contributed by atoms with van der Waals surface area (Å²) in [5.41, 5.74) is 2.93. The van der Waals surface area contributed by atoms with E-state index in [2.05, 4.69) is 17.1 Å². The number of thioether (sulfide) groups is 1. The molecule has 1 unspecified atom stereocenters. The van der Waals surface area contributed by atoms with Crippen LogP contribution in [0.5, 0.6) is 0 Å². The number of rotatable bonds is 6. The second kappa shape index (κ2) is 9.57. The van der Waals surface area contributed by atoms with E-state index in [4.69, 9.17) is 4.42 Å². The van der Waals surface area contributed by atoms with Crippen molar-refractivity contribution in [2.24, 2.45) is 0 Å². The number of aryl methyl sites for hydroxylation is 1. The highest BCUT2D eigenvalue weighted by atomic mass is 32.2. The van der Waals surface area contributed by atoms with Crippen molar-refractivity contribution in [2.45, 2.75) is 29.5 Å². The van der Waals surface area contributed by atoms with Crippen molar-refractivity contribution >= 4 is 45.1 Å². The van der Waals surface area contributed by atoms with Crippen molar-refractivity contribution in [3.8, 4) is 0 Å². The van der Waals surface area contributed by atoms with Crippen LogP contribution in [0.15, 0.2) is 86.3 Å². The van der Waals surface area contributed by atoms with Gasteiger partial charge in [-0.15, -0.1) is 10.2 Å². The van der Waals surface area contributed by atoms with Gasteiger partial charge < -0.3 is 4.42 Å². The number of nitrogens with zero attached hydrogens (tertiary/aromatic N) is 3. The Kier molecular flexibility index (Phi) is 6.10. The summed E-state index contributed by atoms with van der Waals surface area (Å²) in [6.45, 7) is 2.06. The number of halogens is 1. The van der Waals surface area contributed by atoms with E-state index in [1.165, 1.54) is 40.1 Å². The second-order valence-corrected chi connectivity index (χ2v) is 10.8. The van der Waals surface area contributed by atoms with Gasteiger partial charge in [-0.05, 0) is 41.3 Å². The lowest BCUT2D eigenvalue weighted by atomic mass is 9.97. The molecule has 37 heavy (non-hydrogen) atoms. The van der Waals surface area contributed by atoms with Gasteiger partial charge in [0.25, 0.3) is 5.91 Å². The predicted molar refractivity (Wildman–Crippen MR) is 143 cm³/mol. The summed E-state index contributed by atoms with van der Waals surface area (Å²) in [5, 5.41) is 9.08. The molecule has 3 aromatic carbocycles. The molecule has 5 aromatic rings. The van der Waals surface area contributed by atoms with E-state index in [1.807, 2.05) is 54.6 Å². The predicted octanol–water partition coefficient (Wildman–Crippen LogP) is 6.39. The van der Waals surface area contributed by atoms with Crippen LogP contribution in [0.2, 0.25) is 0 Å². The second-order valence-electron chi connectivity index (χ2n) is 8.61. The van der Waals surface area contributed by atoms with E-state index in [-0.39, 0.29) is 22.3 Å². The molecular weight excluding hydrogens is 509 g/mol. The number of aromatic nitrogens is 2. The Morgan fingerprint density at radius 3 is 2.54 bits per heavy atom. The van der Waals surface area contributed by atoms with Crippen LogP contribution in [0.4, 0.5) is 9.52 Å². The number of carbonyl (C=O) groups is 1. The first kappa shape index (κ1) is 23.6. The highest BCUT2D eigenvalue weighted by Gasteiger charge is 2.45. The number of anilines is 1. The van der Waals surface area contributed by atoms with Gasteiger partial charge in [0.1, 0.15) is 11.4 Å². The van der Waals surface area contributed by atoms with E-state index < -0.39 is 23.2 Å². The minimum atomic E-state index is -0.766. The topological polar surface area (TPSA) is 76.3 Å². The molecule has 0 radical (unpaired) electrons. The molecule has 0 N–H and O–H groups in total. The first-order valence-electron chi connectivity index (χ1n) is 11.7. The molecule has 1 aliphatic heterocycles. The maximum absolute atomic E-state index is 14.0. The van der Waals surface area contributed by atoms with Crippen molar-refractivity contribution in [3.05, 3.63) is 117 Å². The SMILES string of the molecule is CCc1ccc(C2c3c(oc4ccc(F)cc4c3=O)C(=O)N2c2nnc(SCc3ccccc3)s2)cc1. The molecule has 6 rings (SSSR count). The van der Waals surface area contributed by atoms with Crippen LogP contribution in [-0.2, 0) is 12.2 Å². The number of hydrogen-bond donors (Lipinski definition) is 0. The molecule has 0 bridgehead atoms. The third-order valence-corrected chi connectivity index (χ3v) is 8.47. The number of amides is 1. The highest BCUT2D eigenvalue weighted by molar-refractivity contribution is 8.00. The minimum absolute atomic E-state index is 0.0534. The fourth-order valence-corrected chi connectivity index (χ4v) is 6.29. The summed E-state index contributed by atoms with van der Waals surface area (Å²) in [6.07, 6.45) is 0.856. The molecule has 184 valence electrons. The van der Waals surface area contributed by atoms with Crippen LogP contribution in [0.1, 0.15) is 45.8 Å².